The quantitative estimate of drug-likeness (QED) is 0.728. The number of anilines is 1. The highest BCUT2D eigenvalue weighted by Gasteiger charge is 2.28. The van der Waals surface area contributed by atoms with Crippen molar-refractivity contribution in [1.82, 2.24) is 5.32 Å². The molecule has 0 radical (unpaired) electrons. The number of hydrogen-bond acceptors (Lipinski definition) is 4. The molecule has 0 bridgehead atoms. The maximum absolute atomic E-state index is 13.6. The van der Waals surface area contributed by atoms with E-state index in [0.29, 0.717) is 12.0 Å². The molecule has 1 aliphatic rings. The molecule has 29 heavy (non-hydrogen) atoms. The van der Waals surface area contributed by atoms with Crippen molar-refractivity contribution in [2.24, 2.45) is 5.73 Å². The van der Waals surface area contributed by atoms with Gasteiger partial charge in [0, 0.05) is 25.3 Å². The third-order valence-electron chi connectivity index (χ3n) is 5.01. The zero-order valence-corrected chi connectivity index (χ0v) is 16.9. The summed E-state index contributed by atoms with van der Waals surface area (Å²) in [6.07, 6.45) is 6.31. The van der Waals surface area contributed by atoms with Crippen molar-refractivity contribution in [3.8, 4) is 0 Å². The fraction of sp³-hybridized carbons (Fsp3) is 0.391. The summed E-state index contributed by atoms with van der Waals surface area (Å²) >= 11 is 0. The molecule has 2 aromatic carbocycles. The molecule has 0 aromatic heterocycles. The Morgan fingerprint density at radius 1 is 1.17 bits per heavy atom. The minimum absolute atomic E-state index is 0.0233. The molecule has 6 heteroatoms. The Labute approximate surface area is 172 Å². The van der Waals surface area contributed by atoms with Gasteiger partial charge < -0.3 is 20.7 Å². The van der Waals surface area contributed by atoms with E-state index in [1.807, 2.05) is 48.3 Å². The van der Waals surface area contributed by atoms with Gasteiger partial charge in [-0.15, -0.1) is 0 Å². The van der Waals surface area contributed by atoms with E-state index in [0.717, 1.165) is 18.4 Å². The van der Waals surface area contributed by atoms with E-state index in [1.165, 1.54) is 31.4 Å². The fourth-order valence-corrected chi connectivity index (χ4v) is 3.56. The maximum atomic E-state index is 13.6. The minimum Gasteiger partial charge on any atom is -0.359 e. The van der Waals surface area contributed by atoms with Crippen molar-refractivity contribution in [3.05, 3.63) is 66.0 Å². The summed E-state index contributed by atoms with van der Waals surface area (Å²) in [5.74, 6) is -0.325. The molecule has 3 N–H and O–H groups in total. The van der Waals surface area contributed by atoms with E-state index in [4.69, 9.17) is 4.79 Å². The molecule has 5 nitrogen and oxygen atoms in total. The summed E-state index contributed by atoms with van der Waals surface area (Å²) < 4.78 is 13.6. The minimum atomic E-state index is -0.482. The Balaban J connectivity index is 0.000000687. The van der Waals surface area contributed by atoms with Crippen LogP contribution in [0.4, 0.5) is 10.1 Å². The molecule has 1 fully saturated rings. The Morgan fingerprint density at radius 3 is 2.41 bits per heavy atom. The topological polar surface area (TPSA) is 75.4 Å². The first-order valence-electron chi connectivity index (χ1n) is 10.0. The first-order valence-corrected chi connectivity index (χ1v) is 10.0. The summed E-state index contributed by atoms with van der Waals surface area (Å²) in [6, 6.07) is 15.8. The molecule has 1 aliphatic carbocycles. The SMILES string of the molecule is CN(c1cccc(F)c1)C(C(=O)NC1CCCCC1)c1ccccc1.NCC=O. The van der Waals surface area contributed by atoms with E-state index in [9.17, 15) is 9.18 Å². The largest absolute Gasteiger partial charge is 0.359 e. The maximum Gasteiger partial charge on any atom is 0.247 e. The number of aldehydes is 1. The molecule has 3 rings (SSSR count). The Hall–Kier alpha value is -2.73. The van der Waals surface area contributed by atoms with E-state index in [1.54, 1.807) is 6.07 Å². The van der Waals surface area contributed by atoms with Gasteiger partial charge in [-0.05, 0) is 36.6 Å². The average molecular weight is 400 g/mol. The number of likely N-dealkylation sites (N-methyl/N-ethyl adjacent to an activating group) is 1. The summed E-state index contributed by atoms with van der Waals surface area (Å²) in [5, 5.41) is 3.21. The molecular formula is C23H30FN3O2. The van der Waals surface area contributed by atoms with Crippen LogP contribution in [-0.2, 0) is 9.59 Å². The van der Waals surface area contributed by atoms with Crippen LogP contribution in [0, 0.1) is 5.82 Å². The summed E-state index contributed by atoms with van der Waals surface area (Å²) in [6.45, 7) is 0.139. The van der Waals surface area contributed by atoms with E-state index in [2.05, 4.69) is 11.1 Å². The van der Waals surface area contributed by atoms with Gasteiger partial charge in [0.05, 0.1) is 0 Å². The number of nitrogens with one attached hydrogen (secondary N) is 1. The highest BCUT2D eigenvalue weighted by Crippen LogP contribution is 2.27. The number of nitrogens with two attached hydrogens (primary N) is 1. The zero-order chi connectivity index (χ0) is 21.1. The second kappa shape index (κ2) is 12.0. The molecule has 156 valence electrons. The van der Waals surface area contributed by atoms with Gasteiger partial charge >= 0.3 is 0 Å². The number of benzene rings is 2. The van der Waals surface area contributed by atoms with Crippen molar-refractivity contribution in [2.45, 2.75) is 44.2 Å². The molecule has 0 saturated heterocycles. The van der Waals surface area contributed by atoms with Crippen LogP contribution in [0.25, 0.3) is 0 Å². The average Bonchev–Trinajstić information content (AvgIpc) is 2.75. The molecule has 0 spiro atoms. The van der Waals surface area contributed by atoms with Gasteiger partial charge in [-0.3, -0.25) is 4.79 Å². The standard InChI is InChI=1S/C21H25FN2O.C2H5NO/c1-24(19-14-8-11-17(22)15-19)20(16-9-4-2-5-10-16)21(25)23-18-12-6-3-7-13-18;3-1-2-4/h2,4-5,8-11,14-15,18,20H,3,6-7,12-13H2,1H3,(H,23,25);2H,1,3H2. The number of amides is 1. The monoisotopic (exact) mass is 399 g/mol. The predicted molar refractivity (Wildman–Crippen MR) is 114 cm³/mol. The molecule has 2 aromatic rings. The molecule has 0 heterocycles. The highest BCUT2D eigenvalue weighted by atomic mass is 19.1. The van der Waals surface area contributed by atoms with E-state index in [-0.39, 0.29) is 24.3 Å². The highest BCUT2D eigenvalue weighted by molar-refractivity contribution is 5.86. The van der Waals surface area contributed by atoms with Crippen LogP contribution in [0.15, 0.2) is 54.6 Å². The first-order chi connectivity index (χ1) is 14.1. The lowest BCUT2D eigenvalue weighted by Gasteiger charge is -2.32. The van der Waals surface area contributed by atoms with Crippen LogP contribution >= 0.6 is 0 Å². The van der Waals surface area contributed by atoms with Crippen LogP contribution in [0.3, 0.4) is 0 Å². The van der Waals surface area contributed by atoms with Crippen molar-refractivity contribution in [1.29, 1.82) is 0 Å². The van der Waals surface area contributed by atoms with Crippen LogP contribution in [0.5, 0.6) is 0 Å². The third kappa shape index (κ3) is 6.98. The zero-order valence-electron chi connectivity index (χ0n) is 16.9. The van der Waals surface area contributed by atoms with Gasteiger partial charge in [-0.25, -0.2) is 4.39 Å². The number of halogens is 1. The number of rotatable bonds is 6. The van der Waals surface area contributed by atoms with Gasteiger partial charge in [0.25, 0.3) is 0 Å². The Bertz CT molecular complexity index is 764. The Kier molecular flexibility index (Phi) is 9.31. The second-order valence-electron chi connectivity index (χ2n) is 7.15. The number of carbonyl (C=O) groups is 2. The number of nitrogens with zero attached hydrogens (tertiary/aromatic N) is 1. The number of hydrogen-bond donors (Lipinski definition) is 2. The van der Waals surface area contributed by atoms with Gasteiger partial charge in [0.2, 0.25) is 5.91 Å². The molecule has 1 unspecified atom stereocenters. The second-order valence-corrected chi connectivity index (χ2v) is 7.15. The predicted octanol–water partition coefficient (Wildman–Crippen LogP) is 3.60. The van der Waals surface area contributed by atoms with Gasteiger partial charge in [0.1, 0.15) is 18.1 Å². The number of carbonyl (C=O) groups excluding carboxylic acids is 2. The van der Waals surface area contributed by atoms with Crippen molar-refractivity contribution < 1.29 is 14.0 Å². The molecule has 1 atom stereocenters. The van der Waals surface area contributed by atoms with Crippen LogP contribution in [0.2, 0.25) is 0 Å². The van der Waals surface area contributed by atoms with Crippen LogP contribution in [0.1, 0.15) is 43.7 Å². The summed E-state index contributed by atoms with van der Waals surface area (Å²) in [5.41, 5.74) is 6.25. The van der Waals surface area contributed by atoms with Gasteiger partial charge in [-0.1, -0.05) is 55.7 Å². The Morgan fingerprint density at radius 2 is 1.83 bits per heavy atom. The van der Waals surface area contributed by atoms with Gasteiger partial charge in [0.15, 0.2) is 0 Å². The fourth-order valence-electron chi connectivity index (χ4n) is 3.56. The molecule has 0 aliphatic heterocycles. The lowest BCUT2D eigenvalue weighted by Crippen LogP contribution is -2.44. The van der Waals surface area contributed by atoms with Crippen molar-refractivity contribution in [3.63, 3.8) is 0 Å². The lowest BCUT2D eigenvalue weighted by atomic mass is 9.94. The lowest BCUT2D eigenvalue weighted by molar-refractivity contribution is -0.123. The normalized spacial score (nSPS) is 14.9. The third-order valence-corrected chi connectivity index (χ3v) is 5.01. The first kappa shape index (κ1) is 22.6. The molecule has 1 amide bonds. The van der Waals surface area contributed by atoms with Crippen molar-refractivity contribution >= 4 is 17.9 Å². The molecular weight excluding hydrogens is 369 g/mol. The summed E-state index contributed by atoms with van der Waals surface area (Å²) in [4.78, 5) is 24.0. The van der Waals surface area contributed by atoms with Crippen LogP contribution < -0.4 is 16.0 Å². The smallest absolute Gasteiger partial charge is 0.247 e. The van der Waals surface area contributed by atoms with Crippen molar-refractivity contribution in [2.75, 3.05) is 18.5 Å². The summed E-state index contributed by atoms with van der Waals surface area (Å²) in [7, 11) is 1.84. The van der Waals surface area contributed by atoms with E-state index < -0.39 is 6.04 Å². The van der Waals surface area contributed by atoms with Gasteiger partial charge in [-0.2, -0.15) is 0 Å². The van der Waals surface area contributed by atoms with E-state index >= 15 is 0 Å². The molecule has 1 saturated carbocycles. The van der Waals surface area contributed by atoms with Crippen LogP contribution in [-0.4, -0.2) is 31.8 Å².